The van der Waals surface area contributed by atoms with Crippen molar-refractivity contribution in [1.82, 2.24) is 0 Å². The Morgan fingerprint density at radius 1 is 0.909 bits per heavy atom. The third kappa shape index (κ3) is 4.31. The molecule has 22 heavy (non-hydrogen) atoms. The Morgan fingerprint density at radius 2 is 1.32 bits per heavy atom. The van der Waals surface area contributed by atoms with E-state index in [0.717, 1.165) is 0 Å². The predicted molar refractivity (Wildman–Crippen MR) is 74.3 cm³/mol. The van der Waals surface area contributed by atoms with Crippen LogP contribution in [0, 0.1) is 16.7 Å². The molecule has 1 fully saturated rings. The second-order valence-electron chi connectivity index (χ2n) is 5.80. The van der Waals surface area contributed by atoms with Crippen LogP contribution in [0.5, 0.6) is 0 Å². The van der Waals surface area contributed by atoms with Gasteiger partial charge in [-0.2, -0.15) is 0 Å². The maximum absolute atomic E-state index is 11.1. The average Bonchev–Trinajstić information content (AvgIpc) is 2.60. The number of carbonyl (C=O) groups is 4. The minimum atomic E-state index is -1.26. The number of hydrogen-bond donors (Lipinski definition) is 4. The number of hydrogen-bond acceptors (Lipinski definition) is 4. The summed E-state index contributed by atoms with van der Waals surface area (Å²) in [5.74, 6) is -4.85. The van der Waals surface area contributed by atoms with Crippen LogP contribution in [0.4, 0.5) is 0 Å². The van der Waals surface area contributed by atoms with Gasteiger partial charge in [-0.1, -0.05) is 13.8 Å². The zero-order valence-corrected chi connectivity index (χ0v) is 12.6. The van der Waals surface area contributed by atoms with Crippen LogP contribution in [-0.4, -0.2) is 44.3 Å². The lowest BCUT2D eigenvalue weighted by atomic mass is 9.66. The summed E-state index contributed by atoms with van der Waals surface area (Å²) >= 11 is 0. The lowest BCUT2D eigenvalue weighted by Gasteiger charge is -2.36. The van der Waals surface area contributed by atoms with Crippen molar-refractivity contribution in [3.05, 3.63) is 12.2 Å². The van der Waals surface area contributed by atoms with Crippen LogP contribution in [0.3, 0.4) is 0 Å². The lowest BCUT2D eigenvalue weighted by Crippen LogP contribution is -2.42. The first-order valence-electron chi connectivity index (χ1n) is 6.46. The van der Waals surface area contributed by atoms with Crippen LogP contribution in [0.15, 0.2) is 12.2 Å². The summed E-state index contributed by atoms with van der Waals surface area (Å²) in [7, 11) is 0. The van der Waals surface area contributed by atoms with E-state index in [9.17, 15) is 19.2 Å². The van der Waals surface area contributed by atoms with Gasteiger partial charge >= 0.3 is 23.9 Å². The summed E-state index contributed by atoms with van der Waals surface area (Å²) in [5.41, 5.74) is -1.61. The monoisotopic (exact) mass is 316 g/mol. The predicted octanol–water partition coefficient (Wildman–Crippen LogP) is 1.31. The van der Waals surface area contributed by atoms with Crippen molar-refractivity contribution in [2.45, 2.75) is 33.6 Å². The Bertz CT molecular complexity index is 489. The SMILES string of the molecule is CC1(C(=O)O)CCC(C(=O)O)C1(C)C.O=C(O)/C=C\C(=O)O. The Kier molecular flexibility index (Phi) is 6.29. The summed E-state index contributed by atoms with van der Waals surface area (Å²) in [6.45, 7) is 5.10. The molecule has 0 heterocycles. The average molecular weight is 316 g/mol. The fraction of sp³-hybridized carbons (Fsp3) is 0.571. The normalized spacial score (nSPS) is 26.0. The van der Waals surface area contributed by atoms with Crippen LogP contribution >= 0.6 is 0 Å². The molecule has 0 spiro atoms. The van der Waals surface area contributed by atoms with E-state index >= 15 is 0 Å². The van der Waals surface area contributed by atoms with Crippen LogP contribution in [0.2, 0.25) is 0 Å². The number of rotatable bonds is 4. The van der Waals surface area contributed by atoms with Gasteiger partial charge in [-0.25, -0.2) is 9.59 Å². The fourth-order valence-electron chi connectivity index (χ4n) is 2.46. The highest BCUT2D eigenvalue weighted by atomic mass is 16.4. The minimum Gasteiger partial charge on any atom is -0.481 e. The van der Waals surface area contributed by atoms with Gasteiger partial charge in [0.25, 0.3) is 0 Å². The molecule has 0 amide bonds. The van der Waals surface area contributed by atoms with E-state index in [1.807, 2.05) is 0 Å². The van der Waals surface area contributed by atoms with Gasteiger partial charge in [-0.05, 0) is 25.2 Å². The van der Waals surface area contributed by atoms with Crippen molar-refractivity contribution < 1.29 is 39.6 Å². The molecular weight excluding hydrogens is 296 g/mol. The van der Waals surface area contributed by atoms with E-state index in [1.165, 1.54) is 0 Å². The van der Waals surface area contributed by atoms with Crippen molar-refractivity contribution in [2.24, 2.45) is 16.7 Å². The summed E-state index contributed by atoms with van der Waals surface area (Å²) in [4.78, 5) is 41.2. The second kappa shape index (κ2) is 7.06. The smallest absolute Gasteiger partial charge is 0.328 e. The van der Waals surface area contributed by atoms with E-state index in [0.29, 0.717) is 25.0 Å². The number of carboxylic acid groups (broad SMARTS) is 4. The molecule has 1 aliphatic rings. The molecule has 0 bridgehead atoms. The standard InChI is InChI=1S/C10H16O4.C4H4O4/c1-9(2)6(7(11)12)4-5-10(9,3)8(13)14;5-3(6)1-2-4(7)8/h6H,4-5H2,1-3H3,(H,11,12)(H,13,14);1-2H,(H,5,6)(H,7,8)/b;2-1-. The molecule has 8 nitrogen and oxygen atoms in total. The van der Waals surface area contributed by atoms with Gasteiger partial charge in [0.2, 0.25) is 0 Å². The van der Waals surface area contributed by atoms with Gasteiger partial charge in [-0.3, -0.25) is 9.59 Å². The zero-order chi connectivity index (χ0) is 17.7. The van der Waals surface area contributed by atoms with Crippen molar-refractivity contribution in [1.29, 1.82) is 0 Å². The molecule has 0 aromatic rings. The van der Waals surface area contributed by atoms with Crippen molar-refractivity contribution in [3.63, 3.8) is 0 Å². The van der Waals surface area contributed by atoms with E-state index < -0.39 is 40.6 Å². The highest BCUT2D eigenvalue weighted by Gasteiger charge is 2.58. The molecule has 1 aliphatic carbocycles. The molecule has 0 aromatic heterocycles. The van der Waals surface area contributed by atoms with Gasteiger partial charge in [0.1, 0.15) is 0 Å². The molecule has 0 saturated heterocycles. The van der Waals surface area contributed by atoms with E-state index in [4.69, 9.17) is 20.4 Å². The van der Waals surface area contributed by atoms with Gasteiger partial charge in [-0.15, -0.1) is 0 Å². The molecule has 0 aromatic carbocycles. The molecule has 8 heteroatoms. The third-order valence-corrected chi connectivity index (χ3v) is 4.36. The van der Waals surface area contributed by atoms with Crippen LogP contribution in [0.1, 0.15) is 33.6 Å². The maximum atomic E-state index is 11.1. The summed E-state index contributed by atoms with van der Waals surface area (Å²) in [6, 6.07) is 0. The number of carboxylic acids is 4. The van der Waals surface area contributed by atoms with Gasteiger partial charge in [0.15, 0.2) is 0 Å². The van der Waals surface area contributed by atoms with E-state index in [1.54, 1.807) is 20.8 Å². The zero-order valence-electron chi connectivity index (χ0n) is 12.6. The molecule has 0 radical (unpaired) electrons. The van der Waals surface area contributed by atoms with Gasteiger partial charge in [0.05, 0.1) is 11.3 Å². The molecule has 1 rings (SSSR count). The first-order valence-corrected chi connectivity index (χ1v) is 6.46. The topological polar surface area (TPSA) is 149 Å². The molecule has 124 valence electrons. The number of aliphatic carboxylic acids is 4. The Morgan fingerprint density at radius 3 is 1.50 bits per heavy atom. The summed E-state index contributed by atoms with van der Waals surface area (Å²) < 4.78 is 0. The minimum absolute atomic E-state index is 0.437. The Labute approximate surface area is 127 Å². The van der Waals surface area contributed by atoms with Crippen molar-refractivity contribution in [2.75, 3.05) is 0 Å². The Hall–Kier alpha value is -2.38. The summed E-state index contributed by atoms with van der Waals surface area (Å²) in [5, 5.41) is 33.7. The first-order chi connectivity index (χ1) is 9.86. The third-order valence-electron chi connectivity index (χ3n) is 4.36. The molecule has 2 unspecified atom stereocenters. The van der Waals surface area contributed by atoms with Crippen LogP contribution in [0.25, 0.3) is 0 Å². The van der Waals surface area contributed by atoms with Gasteiger partial charge < -0.3 is 20.4 Å². The molecule has 0 aliphatic heterocycles. The van der Waals surface area contributed by atoms with Crippen molar-refractivity contribution in [3.8, 4) is 0 Å². The first kappa shape index (κ1) is 19.6. The molecule has 4 N–H and O–H groups in total. The quantitative estimate of drug-likeness (QED) is 0.567. The fourth-order valence-corrected chi connectivity index (χ4v) is 2.46. The second-order valence-corrected chi connectivity index (χ2v) is 5.80. The molecular formula is C14H20O8. The highest BCUT2D eigenvalue weighted by molar-refractivity contribution is 5.89. The van der Waals surface area contributed by atoms with Crippen LogP contribution in [-0.2, 0) is 19.2 Å². The lowest BCUT2D eigenvalue weighted by molar-refractivity contribution is -0.157. The Balaban J connectivity index is 0.000000472. The van der Waals surface area contributed by atoms with E-state index in [2.05, 4.69) is 0 Å². The molecule has 2 atom stereocenters. The maximum Gasteiger partial charge on any atom is 0.328 e. The van der Waals surface area contributed by atoms with Crippen LogP contribution < -0.4 is 0 Å². The molecule has 1 saturated carbocycles. The highest BCUT2D eigenvalue weighted by Crippen LogP contribution is 2.56. The van der Waals surface area contributed by atoms with Gasteiger partial charge in [0, 0.05) is 12.2 Å². The summed E-state index contributed by atoms with van der Waals surface area (Å²) in [6.07, 6.45) is 2.00. The largest absolute Gasteiger partial charge is 0.481 e. The van der Waals surface area contributed by atoms with Crippen molar-refractivity contribution >= 4 is 23.9 Å². The van der Waals surface area contributed by atoms with E-state index in [-0.39, 0.29) is 0 Å².